The normalized spacial score (nSPS) is 10.9. The van der Waals surface area contributed by atoms with Gasteiger partial charge in [-0.05, 0) is 47.5 Å². The fourth-order valence-electron chi connectivity index (χ4n) is 3.23. The Hall–Kier alpha value is -3.55. The molecule has 0 radical (unpaired) electrons. The van der Waals surface area contributed by atoms with Crippen LogP contribution in [0.2, 0.25) is 5.02 Å². The molecule has 3 aromatic carbocycles. The van der Waals surface area contributed by atoms with E-state index in [-0.39, 0.29) is 11.7 Å². The second-order valence-corrected chi connectivity index (χ2v) is 7.11. The number of ether oxygens (including phenoxy) is 1. The summed E-state index contributed by atoms with van der Waals surface area (Å²) in [6, 6.07) is 16.8. The molecule has 0 spiro atoms. The van der Waals surface area contributed by atoms with E-state index in [0.717, 1.165) is 28.8 Å². The highest BCUT2D eigenvalue weighted by molar-refractivity contribution is 6.33. The monoisotopic (exact) mass is 438 g/mol. The Morgan fingerprint density at radius 3 is 2.58 bits per heavy atom. The zero-order chi connectivity index (χ0) is 22.0. The summed E-state index contributed by atoms with van der Waals surface area (Å²) in [7, 11) is 1.60. The van der Waals surface area contributed by atoms with E-state index in [4.69, 9.17) is 26.0 Å². The summed E-state index contributed by atoms with van der Waals surface area (Å²) in [5, 5.41) is 13.5. The van der Waals surface area contributed by atoms with E-state index in [1.165, 1.54) is 6.07 Å². The standard InChI is InChI=1S/C23H16ClFN2O4/c1-30-12-15-10-14(7-8-16(15)17-4-2-3-5-19(17)24)22-26-21(27-31-22)13-6-9-18(23(28)29)20(25)11-13/h2-11H,12H2,1H3,(H,28,29). The molecule has 0 aliphatic carbocycles. The number of aromatic nitrogens is 2. The number of methoxy groups -OCH3 is 1. The highest BCUT2D eigenvalue weighted by Crippen LogP contribution is 2.33. The van der Waals surface area contributed by atoms with Gasteiger partial charge >= 0.3 is 5.97 Å². The third-order valence-electron chi connectivity index (χ3n) is 4.70. The van der Waals surface area contributed by atoms with Gasteiger partial charge in [-0.15, -0.1) is 0 Å². The number of carboxylic acids is 1. The number of carboxylic acid groups (broad SMARTS) is 1. The summed E-state index contributed by atoms with van der Waals surface area (Å²) in [5.74, 6) is -1.83. The van der Waals surface area contributed by atoms with Crippen molar-refractivity contribution in [2.24, 2.45) is 0 Å². The maximum absolute atomic E-state index is 14.0. The molecule has 6 nitrogen and oxygen atoms in total. The fraction of sp³-hybridized carbons (Fsp3) is 0.0870. The predicted octanol–water partition coefficient (Wildman–Crippen LogP) is 5.71. The van der Waals surface area contributed by atoms with Crippen LogP contribution in [0.25, 0.3) is 34.0 Å². The number of benzene rings is 3. The minimum atomic E-state index is -1.35. The molecule has 8 heteroatoms. The van der Waals surface area contributed by atoms with Crippen LogP contribution in [0.15, 0.2) is 65.2 Å². The molecule has 4 rings (SSSR count). The Kier molecular flexibility index (Phi) is 5.79. The average molecular weight is 439 g/mol. The molecule has 0 saturated carbocycles. The Bertz CT molecular complexity index is 1270. The third-order valence-corrected chi connectivity index (χ3v) is 5.03. The average Bonchev–Trinajstić information content (AvgIpc) is 3.24. The van der Waals surface area contributed by atoms with Gasteiger partial charge in [0.15, 0.2) is 0 Å². The summed E-state index contributed by atoms with van der Waals surface area (Å²) >= 11 is 6.35. The van der Waals surface area contributed by atoms with Crippen LogP contribution < -0.4 is 0 Å². The van der Waals surface area contributed by atoms with Crippen LogP contribution in [0.5, 0.6) is 0 Å². The van der Waals surface area contributed by atoms with Crippen molar-refractivity contribution in [2.75, 3.05) is 7.11 Å². The third kappa shape index (κ3) is 4.19. The first-order valence-corrected chi connectivity index (χ1v) is 9.60. The minimum Gasteiger partial charge on any atom is -0.478 e. The van der Waals surface area contributed by atoms with Gasteiger partial charge in [0.1, 0.15) is 5.82 Å². The van der Waals surface area contributed by atoms with Crippen molar-refractivity contribution < 1.29 is 23.6 Å². The molecule has 156 valence electrons. The van der Waals surface area contributed by atoms with Crippen molar-refractivity contribution in [3.63, 3.8) is 0 Å². The van der Waals surface area contributed by atoms with E-state index >= 15 is 0 Å². The van der Waals surface area contributed by atoms with Crippen LogP contribution in [0.3, 0.4) is 0 Å². The molecular weight excluding hydrogens is 423 g/mol. The SMILES string of the molecule is COCc1cc(-c2nc(-c3ccc(C(=O)O)c(F)c3)no2)ccc1-c1ccccc1Cl. The second-order valence-electron chi connectivity index (χ2n) is 6.71. The lowest BCUT2D eigenvalue weighted by Crippen LogP contribution is -2.00. The van der Waals surface area contributed by atoms with Crippen LogP contribution in [-0.2, 0) is 11.3 Å². The number of hydrogen-bond acceptors (Lipinski definition) is 5. The van der Waals surface area contributed by atoms with Gasteiger partial charge in [-0.1, -0.05) is 41.0 Å². The largest absolute Gasteiger partial charge is 0.478 e. The summed E-state index contributed by atoms with van der Waals surface area (Å²) in [6.45, 7) is 0.344. The van der Waals surface area contributed by atoms with Crippen molar-refractivity contribution in [1.29, 1.82) is 0 Å². The Balaban J connectivity index is 1.70. The summed E-state index contributed by atoms with van der Waals surface area (Å²) in [6.07, 6.45) is 0. The van der Waals surface area contributed by atoms with Gasteiger partial charge in [0.2, 0.25) is 5.82 Å². The zero-order valence-corrected chi connectivity index (χ0v) is 17.1. The number of halogens is 2. The quantitative estimate of drug-likeness (QED) is 0.415. The van der Waals surface area contributed by atoms with Gasteiger partial charge in [-0.25, -0.2) is 9.18 Å². The smallest absolute Gasteiger partial charge is 0.338 e. The predicted molar refractivity (Wildman–Crippen MR) is 113 cm³/mol. The van der Waals surface area contributed by atoms with Crippen LogP contribution in [-0.4, -0.2) is 28.3 Å². The number of hydrogen-bond donors (Lipinski definition) is 1. The topological polar surface area (TPSA) is 85.5 Å². The van der Waals surface area contributed by atoms with Gasteiger partial charge in [-0.3, -0.25) is 0 Å². The highest BCUT2D eigenvalue weighted by Gasteiger charge is 2.17. The van der Waals surface area contributed by atoms with Crippen molar-refractivity contribution in [3.05, 3.63) is 82.6 Å². The van der Waals surface area contributed by atoms with E-state index < -0.39 is 17.3 Å². The summed E-state index contributed by atoms with van der Waals surface area (Å²) < 4.78 is 24.7. The van der Waals surface area contributed by atoms with Gasteiger partial charge in [-0.2, -0.15) is 4.98 Å². The minimum absolute atomic E-state index is 0.148. The number of aromatic carboxylic acids is 1. The first-order valence-electron chi connectivity index (χ1n) is 9.22. The van der Waals surface area contributed by atoms with Crippen molar-refractivity contribution in [3.8, 4) is 34.0 Å². The lowest BCUT2D eigenvalue weighted by molar-refractivity contribution is 0.0692. The van der Waals surface area contributed by atoms with Gasteiger partial charge < -0.3 is 14.4 Å². The summed E-state index contributed by atoms with van der Waals surface area (Å²) in [5.41, 5.74) is 3.22. The molecule has 0 amide bonds. The lowest BCUT2D eigenvalue weighted by Gasteiger charge is -2.11. The lowest BCUT2D eigenvalue weighted by atomic mass is 9.97. The molecule has 0 atom stereocenters. The second kappa shape index (κ2) is 8.67. The molecule has 1 aromatic heterocycles. The van der Waals surface area contributed by atoms with Crippen LogP contribution in [0.4, 0.5) is 4.39 Å². The fourth-order valence-corrected chi connectivity index (χ4v) is 3.47. The number of carbonyl (C=O) groups is 1. The molecule has 0 bridgehead atoms. The van der Waals surface area contributed by atoms with Crippen molar-refractivity contribution in [1.82, 2.24) is 10.1 Å². The molecule has 0 unspecified atom stereocenters. The van der Waals surface area contributed by atoms with E-state index in [9.17, 15) is 9.18 Å². The van der Waals surface area contributed by atoms with Gasteiger partial charge in [0.25, 0.3) is 5.89 Å². The highest BCUT2D eigenvalue weighted by atomic mass is 35.5. The molecule has 0 aliphatic rings. The van der Waals surface area contributed by atoms with E-state index in [1.54, 1.807) is 7.11 Å². The van der Waals surface area contributed by atoms with Gasteiger partial charge in [0, 0.05) is 28.8 Å². The Labute approximate surface area is 181 Å². The molecule has 4 aromatic rings. The van der Waals surface area contributed by atoms with Crippen molar-refractivity contribution >= 4 is 17.6 Å². The first-order chi connectivity index (χ1) is 15.0. The molecule has 1 heterocycles. The Morgan fingerprint density at radius 1 is 1.10 bits per heavy atom. The molecule has 31 heavy (non-hydrogen) atoms. The molecule has 0 aliphatic heterocycles. The number of nitrogens with zero attached hydrogens (tertiary/aromatic N) is 2. The van der Waals surface area contributed by atoms with Crippen LogP contribution in [0.1, 0.15) is 15.9 Å². The maximum Gasteiger partial charge on any atom is 0.338 e. The van der Waals surface area contributed by atoms with Crippen molar-refractivity contribution in [2.45, 2.75) is 6.61 Å². The maximum atomic E-state index is 14.0. The van der Waals surface area contributed by atoms with Crippen LogP contribution in [0, 0.1) is 5.82 Å². The molecule has 1 N–H and O–H groups in total. The number of rotatable bonds is 6. The molecule has 0 fully saturated rings. The van der Waals surface area contributed by atoms with E-state index in [0.29, 0.717) is 22.8 Å². The van der Waals surface area contributed by atoms with E-state index in [1.807, 2.05) is 42.5 Å². The van der Waals surface area contributed by atoms with E-state index in [2.05, 4.69) is 10.1 Å². The zero-order valence-electron chi connectivity index (χ0n) is 16.3. The first kappa shape index (κ1) is 20.7. The molecule has 0 saturated heterocycles. The summed E-state index contributed by atoms with van der Waals surface area (Å²) in [4.78, 5) is 15.3. The Morgan fingerprint density at radius 2 is 1.87 bits per heavy atom. The van der Waals surface area contributed by atoms with Crippen LogP contribution >= 0.6 is 11.6 Å². The van der Waals surface area contributed by atoms with Gasteiger partial charge in [0.05, 0.1) is 12.2 Å². The molecular formula is C23H16ClFN2O4.